The van der Waals surface area contributed by atoms with Gasteiger partial charge in [-0.3, -0.25) is 19.3 Å². The van der Waals surface area contributed by atoms with Gasteiger partial charge in [0.2, 0.25) is 24.4 Å². The maximum Gasteiger partial charge on any atom is 0.308 e. The van der Waals surface area contributed by atoms with E-state index in [1.165, 1.54) is 0 Å². The molecule has 3 heterocycles. The maximum absolute atomic E-state index is 13.9. The fourth-order valence-corrected chi connectivity index (χ4v) is 6.94. The van der Waals surface area contributed by atoms with Crippen LogP contribution in [0.1, 0.15) is 70.8 Å². The summed E-state index contributed by atoms with van der Waals surface area (Å²) in [6.45, 7) is 10.4. The molecule has 1 aromatic rings. The van der Waals surface area contributed by atoms with Crippen LogP contribution in [-0.4, -0.2) is 122 Å². The van der Waals surface area contributed by atoms with Crippen molar-refractivity contribution in [3.63, 3.8) is 0 Å². The Kier molecular flexibility index (Phi) is 11.4. The predicted octanol–water partition coefficient (Wildman–Crippen LogP) is 3.51. The van der Waals surface area contributed by atoms with Gasteiger partial charge in [0, 0.05) is 51.1 Å². The molecule has 246 valence electrons. The van der Waals surface area contributed by atoms with Crippen molar-refractivity contribution in [2.75, 3.05) is 73.8 Å². The zero-order valence-corrected chi connectivity index (χ0v) is 27.5. The quantitative estimate of drug-likeness (QED) is 0.279. The number of ether oxygens (including phenoxy) is 3. The first kappa shape index (κ1) is 33.8. The number of aliphatic carboxylic acids is 1. The first-order valence-corrected chi connectivity index (χ1v) is 16.1. The summed E-state index contributed by atoms with van der Waals surface area (Å²) >= 11 is 0. The zero-order chi connectivity index (χ0) is 32.0. The van der Waals surface area contributed by atoms with E-state index in [4.69, 9.17) is 14.2 Å². The van der Waals surface area contributed by atoms with Crippen LogP contribution < -0.4 is 14.2 Å². The number of carboxylic acids is 1. The highest BCUT2D eigenvalue weighted by atomic mass is 16.7. The number of rotatable bonds is 16. The van der Waals surface area contributed by atoms with Crippen molar-refractivity contribution >= 4 is 17.8 Å². The van der Waals surface area contributed by atoms with Crippen LogP contribution in [0.4, 0.5) is 0 Å². The summed E-state index contributed by atoms with van der Waals surface area (Å²) in [4.78, 5) is 47.6. The Bertz CT molecular complexity index is 1170. The van der Waals surface area contributed by atoms with Crippen LogP contribution in [0.15, 0.2) is 12.1 Å². The molecule has 11 heteroatoms. The third kappa shape index (κ3) is 8.15. The van der Waals surface area contributed by atoms with Crippen molar-refractivity contribution in [1.29, 1.82) is 0 Å². The SMILES string of the molecule is CCCCN(CCCCN(C)C)C(=O)CN1C[C@H](c2cc(OC)c3c(c2)OCO3)C(C(=O)O)[C@@H]1CCN1CC(C)(C)CC1=O. The molecule has 0 radical (unpaired) electrons. The minimum absolute atomic E-state index is 0.0275. The minimum atomic E-state index is -0.911. The molecule has 3 atom stereocenters. The predicted molar refractivity (Wildman–Crippen MR) is 167 cm³/mol. The number of methoxy groups -OCH3 is 1. The summed E-state index contributed by atoms with van der Waals surface area (Å²) in [7, 11) is 5.65. The third-order valence-electron chi connectivity index (χ3n) is 9.19. The first-order valence-electron chi connectivity index (χ1n) is 16.1. The lowest BCUT2D eigenvalue weighted by molar-refractivity contribution is -0.144. The Morgan fingerprint density at radius 3 is 2.48 bits per heavy atom. The standard InChI is InChI=1S/C33H52N4O7/c1-7-8-13-35(14-10-9-12-34(4)5)29(39)20-37-19-24(23-16-26(42-6)31-27(17-23)43-22-44-31)30(32(40)41)25(37)11-15-36-21-33(2,3)18-28(36)38/h16-17,24-25,30H,7-15,18-22H2,1-6H3,(H,40,41)/t24-,25+,30?/m1/s1. The van der Waals surface area contributed by atoms with Crippen LogP contribution in [-0.2, 0) is 14.4 Å². The summed E-state index contributed by atoms with van der Waals surface area (Å²) in [5.74, 6) is -0.414. The first-order chi connectivity index (χ1) is 20.9. The minimum Gasteiger partial charge on any atom is -0.493 e. The molecule has 11 nitrogen and oxygen atoms in total. The monoisotopic (exact) mass is 616 g/mol. The molecular formula is C33H52N4O7. The van der Waals surface area contributed by atoms with Gasteiger partial charge in [0.05, 0.1) is 19.6 Å². The second-order valence-electron chi connectivity index (χ2n) is 13.6. The fraction of sp³-hybridized carbons (Fsp3) is 0.727. The van der Waals surface area contributed by atoms with Crippen molar-refractivity contribution in [3.05, 3.63) is 17.7 Å². The highest BCUT2D eigenvalue weighted by Crippen LogP contribution is 2.47. The van der Waals surface area contributed by atoms with Crippen molar-refractivity contribution < 1.29 is 33.7 Å². The summed E-state index contributed by atoms with van der Waals surface area (Å²) in [5.41, 5.74) is 0.676. The lowest BCUT2D eigenvalue weighted by Crippen LogP contribution is -2.46. The molecule has 2 amide bonds. The van der Waals surface area contributed by atoms with Crippen LogP contribution in [0, 0.1) is 11.3 Å². The van der Waals surface area contributed by atoms with E-state index in [1.54, 1.807) is 7.11 Å². The van der Waals surface area contributed by atoms with Gasteiger partial charge in [0.1, 0.15) is 0 Å². The average Bonchev–Trinajstić information content (AvgIpc) is 3.65. The molecule has 3 aliphatic rings. The molecule has 1 N–H and O–H groups in total. The van der Waals surface area contributed by atoms with E-state index in [0.717, 1.165) is 37.8 Å². The van der Waals surface area contributed by atoms with Gasteiger partial charge in [-0.15, -0.1) is 0 Å². The molecule has 44 heavy (non-hydrogen) atoms. The largest absolute Gasteiger partial charge is 0.493 e. The molecular weight excluding hydrogens is 564 g/mol. The number of carbonyl (C=O) groups is 3. The number of hydrogen-bond acceptors (Lipinski definition) is 8. The van der Waals surface area contributed by atoms with E-state index in [2.05, 4.69) is 39.8 Å². The number of amides is 2. The van der Waals surface area contributed by atoms with Crippen LogP contribution in [0.5, 0.6) is 17.2 Å². The van der Waals surface area contributed by atoms with E-state index in [0.29, 0.717) is 62.8 Å². The number of unbranched alkanes of at least 4 members (excludes halogenated alkanes) is 2. The number of likely N-dealkylation sites (tertiary alicyclic amines) is 2. The van der Waals surface area contributed by atoms with Gasteiger partial charge in [-0.05, 0) is 69.4 Å². The topological polar surface area (TPSA) is 112 Å². The normalized spacial score (nSPS) is 22.7. The molecule has 4 rings (SSSR count). The lowest BCUT2D eigenvalue weighted by Gasteiger charge is -2.31. The Hall–Kier alpha value is -3.05. The third-order valence-corrected chi connectivity index (χ3v) is 9.19. The number of hydrogen-bond donors (Lipinski definition) is 1. The maximum atomic E-state index is 13.9. The van der Waals surface area contributed by atoms with Crippen LogP contribution in [0.3, 0.4) is 0 Å². The van der Waals surface area contributed by atoms with Crippen LogP contribution in [0.25, 0.3) is 0 Å². The zero-order valence-electron chi connectivity index (χ0n) is 27.5. The van der Waals surface area contributed by atoms with E-state index in [1.807, 2.05) is 26.8 Å². The molecule has 0 bridgehead atoms. The van der Waals surface area contributed by atoms with Gasteiger partial charge < -0.3 is 34.0 Å². The lowest BCUT2D eigenvalue weighted by atomic mass is 9.84. The number of fused-ring (bicyclic) bond motifs is 1. The van der Waals surface area contributed by atoms with Crippen molar-refractivity contribution in [3.8, 4) is 17.2 Å². The van der Waals surface area contributed by atoms with E-state index >= 15 is 0 Å². The number of carbonyl (C=O) groups excluding carboxylic acids is 2. The second-order valence-corrected chi connectivity index (χ2v) is 13.6. The van der Waals surface area contributed by atoms with Gasteiger partial charge >= 0.3 is 5.97 Å². The summed E-state index contributed by atoms with van der Waals surface area (Å²) < 4.78 is 16.8. The summed E-state index contributed by atoms with van der Waals surface area (Å²) in [6.07, 6.45) is 4.80. The molecule has 0 aliphatic carbocycles. The Morgan fingerprint density at radius 2 is 1.84 bits per heavy atom. The number of benzene rings is 1. The second kappa shape index (κ2) is 14.8. The van der Waals surface area contributed by atoms with E-state index in [-0.39, 0.29) is 30.6 Å². The van der Waals surface area contributed by atoms with Crippen molar-refractivity contribution in [1.82, 2.24) is 19.6 Å². The summed E-state index contributed by atoms with van der Waals surface area (Å²) in [5, 5.41) is 10.6. The van der Waals surface area contributed by atoms with E-state index in [9.17, 15) is 19.5 Å². The Balaban J connectivity index is 1.59. The van der Waals surface area contributed by atoms with Crippen LogP contribution in [0.2, 0.25) is 0 Å². The van der Waals surface area contributed by atoms with Gasteiger partial charge in [0.15, 0.2) is 11.5 Å². The average molecular weight is 617 g/mol. The highest BCUT2D eigenvalue weighted by Gasteiger charge is 2.48. The molecule has 1 aromatic carbocycles. The van der Waals surface area contributed by atoms with Gasteiger partial charge in [-0.25, -0.2) is 0 Å². The summed E-state index contributed by atoms with van der Waals surface area (Å²) in [6, 6.07) is 3.26. The molecule has 3 aliphatic heterocycles. The van der Waals surface area contributed by atoms with E-state index < -0.39 is 23.8 Å². The smallest absolute Gasteiger partial charge is 0.308 e. The van der Waals surface area contributed by atoms with Gasteiger partial charge in [0.25, 0.3) is 0 Å². The Morgan fingerprint density at radius 1 is 1.11 bits per heavy atom. The highest BCUT2D eigenvalue weighted by molar-refractivity contribution is 5.80. The van der Waals surface area contributed by atoms with Crippen molar-refractivity contribution in [2.24, 2.45) is 11.3 Å². The van der Waals surface area contributed by atoms with Crippen molar-refractivity contribution in [2.45, 2.75) is 71.3 Å². The van der Waals surface area contributed by atoms with Gasteiger partial charge in [-0.1, -0.05) is 27.2 Å². The number of nitrogens with zero attached hydrogens (tertiary/aromatic N) is 4. The number of carboxylic acid groups (broad SMARTS) is 1. The molecule has 0 saturated carbocycles. The molecule has 2 saturated heterocycles. The Labute approximate surface area is 262 Å². The fourth-order valence-electron chi connectivity index (χ4n) is 6.94. The molecule has 0 aromatic heterocycles. The molecule has 1 unspecified atom stereocenters. The van der Waals surface area contributed by atoms with Gasteiger partial charge in [-0.2, -0.15) is 0 Å². The van der Waals surface area contributed by atoms with Crippen LogP contribution >= 0.6 is 0 Å². The molecule has 2 fully saturated rings. The molecule has 0 spiro atoms.